The first kappa shape index (κ1) is 20.3. The summed E-state index contributed by atoms with van der Waals surface area (Å²) in [6.07, 6.45) is 6.18. The molecular formula is C22H25N5O2S. The Hall–Kier alpha value is -3.00. The molecule has 1 saturated heterocycles. The van der Waals surface area contributed by atoms with Crippen molar-refractivity contribution < 1.29 is 9.53 Å². The molecular weight excluding hydrogens is 398 g/mol. The van der Waals surface area contributed by atoms with Crippen molar-refractivity contribution in [2.75, 3.05) is 36.8 Å². The molecule has 30 heavy (non-hydrogen) atoms. The number of anilines is 1. The van der Waals surface area contributed by atoms with E-state index in [9.17, 15) is 4.79 Å². The molecule has 4 rings (SSSR count). The molecule has 1 aliphatic rings. The highest BCUT2D eigenvalue weighted by Crippen LogP contribution is 2.19. The Morgan fingerprint density at radius 2 is 1.83 bits per heavy atom. The number of piperazine rings is 1. The summed E-state index contributed by atoms with van der Waals surface area (Å²) < 4.78 is 7.58. The Labute approximate surface area is 180 Å². The van der Waals surface area contributed by atoms with Gasteiger partial charge in [-0.2, -0.15) is 0 Å². The molecule has 0 aliphatic carbocycles. The highest BCUT2D eigenvalue weighted by molar-refractivity contribution is 7.99. The van der Waals surface area contributed by atoms with E-state index in [1.54, 1.807) is 22.9 Å². The second kappa shape index (κ2) is 9.67. The van der Waals surface area contributed by atoms with Crippen molar-refractivity contribution in [3.63, 3.8) is 0 Å². The van der Waals surface area contributed by atoms with E-state index in [2.05, 4.69) is 14.9 Å². The van der Waals surface area contributed by atoms with E-state index >= 15 is 0 Å². The van der Waals surface area contributed by atoms with E-state index in [0.29, 0.717) is 18.8 Å². The number of carbonyl (C=O) groups is 1. The summed E-state index contributed by atoms with van der Waals surface area (Å²) >= 11 is 1.73. The van der Waals surface area contributed by atoms with Gasteiger partial charge in [0.05, 0.1) is 0 Å². The van der Waals surface area contributed by atoms with Crippen LogP contribution in [0.15, 0.2) is 66.2 Å². The lowest BCUT2D eigenvalue weighted by molar-refractivity contribution is 0.149. The van der Waals surface area contributed by atoms with Gasteiger partial charge in [-0.15, -0.1) is 0 Å². The number of nitrogens with zero attached hydrogens (tertiary/aromatic N) is 5. The van der Waals surface area contributed by atoms with Gasteiger partial charge in [0.1, 0.15) is 11.6 Å². The maximum atomic E-state index is 12.5. The zero-order chi connectivity index (χ0) is 20.8. The number of hydrogen-bond donors (Lipinski definition) is 0. The van der Waals surface area contributed by atoms with Crippen molar-refractivity contribution in [2.24, 2.45) is 7.05 Å². The van der Waals surface area contributed by atoms with Gasteiger partial charge >= 0.3 is 6.09 Å². The van der Waals surface area contributed by atoms with E-state index in [0.717, 1.165) is 36.2 Å². The minimum absolute atomic E-state index is 0.297. The van der Waals surface area contributed by atoms with Crippen LogP contribution in [0, 0.1) is 0 Å². The summed E-state index contributed by atoms with van der Waals surface area (Å²) in [6.45, 7) is 2.74. The summed E-state index contributed by atoms with van der Waals surface area (Å²) in [5.74, 6) is 2.47. The third-order valence-corrected chi connectivity index (χ3v) is 6.10. The molecule has 0 N–H and O–H groups in total. The van der Waals surface area contributed by atoms with Crippen LogP contribution >= 0.6 is 11.8 Å². The fraction of sp³-hybridized carbons (Fsp3) is 0.318. The Morgan fingerprint density at radius 3 is 2.50 bits per heavy atom. The number of aromatic nitrogens is 3. The van der Waals surface area contributed by atoms with Crippen molar-refractivity contribution in [3.8, 4) is 5.75 Å². The molecule has 156 valence electrons. The van der Waals surface area contributed by atoms with Gasteiger partial charge in [0.2, 0.25) is 0 Å². The second-order valence-corrected chi connectivity index (χ2v) is 8.16. The van der Waals surface area contributed by atoms with Crippen LogP contribution in [0.5, 0.6) is 5.75 Å². The second-order valence-electron chi connectivity index (χ2n) is 7.09. The van der Waals surface area contributed by atoms with Gasteiger partial charge in [-0.3, -0.25) is 0 Å². The molecule has 0 radical (unpaired) electrons. The van der Waals surface area contributed by atoms with Gasteiger partial charge < -0.3 is 19.1 Å². The van der Waals surface area contributed by atoms with Crippen LogP contribution in [-0.2, 0) is 13.5 Å². The molecule has 0 spiro atoms. The van der Waals surface area contributed by atoms with Gasteiger partial charge in [-0.05, 0) is 36.2 Å². The lowest BCUT2D eigenvalue weighted by Crippen LogP contribution is -2.49. The lowest BCUT2D eigenvalue weighted by atomic mass is 10.2. The summed E-state index contributed by atoms with van der Waals surface area (Å²) in [4.78, 5) is 25.1. The number of hydrogen-bond acceptors (Lipinski definition) is 6. The minimum atomic E-state index is -0.297. The van der Waals surface area contributed by atoms with Crippen LogP contribution in [0.25, 0.3) is 0 Å². The maximum absolute atomic E-state index is 12.5. The lowest BCUT2D eigenvalue weighted by Gasteiger charge is -2.34. The zero-order valence-corrected chi connectivity index (χ0v) is 17.8. The summed E-state index contributed by atoms with van der Waals surface area (Å²) in [5, 5.41) is 1.02. The molecule has 2 aromatic heterocycles. The smallest absolute Gasteiger partial charge is 0.410 e. The van der Waals surface area contributed by atoms with E-state index in [1.807, 2.05) is 66.5 Å². The fourth-order valence-corrected chi connectivity index (χ4v) is 4.22. The van der Waals surface area contributed by atoms with Gasteiger partial charge in [-0.25, -0.2) is 14.8 Å². The molecule has 1 aromatic carbocycles. The van der Waals surface area contributed by atoms with Crippen LogP contribution in [0.3, 0.4) is 0 Å². The fourth-order valence-electron chi connectivity index (χ4n) is 3.30. The quantitative estimate of drug-likeness (QED) is 0.566. The van der Waals surface area contributed by atoms with Crippen LogP contribution in [-0.4, -0.2) is 57.5 Å². The Bertz CT molecular complexity index is 953. The molecule has 8 heteroatoms. The molecule has 1 amide bonds. The normalized spacial score (nSPS) is 14.0. The average molecular weight is 424 g/mol. The number of benzene rings is 1. The first-order chi connectivity index (χ1) is 14.7. The Morgan fingerprint density at radius 1 is 1.03 bits per heavy atom. The van der Waals surface area contributed by atoms with E-state index in [1.165, 1.54) is 5.56 Å². The number of ether oxygens (including phenoxy) is 1. The van der Waals surface area contributed by atoms with Crippen molar-refractivity contribution >= 4 is 23.7 Å². The molecule has 1 fully saturated rings. The van der Waals surface area contributed by atoms with Gasteiger partial charge in [0, 0.05) is 57.6 Å². The topological polar surface area (TPSA) is 63.5 Å². The van der Waals surface area contributed by atoms with Gasteiger partial charge in [0.15, 0.2) is 5.16 Å². The van der Waals surface area contributed by atoms with Crippen LogP contribution < -0.4 is 9.64 Å². The zero-order valence-electron chi connectivity index (χ0n) is 17.0. The third-order valence-electron chi connectivity index (χ3n) is 5.04. The van der Waals surface area contributed by atoms with Crippen molar-refractivity contribution in [1.29, 1.82) is 0 Å². The SMILES string of the molecule is Cn1ccnc1SCCc1ccc(OC(=O)N2CCN(c3ccccn3)CC2)cc1. The predicted octanol–water partition coefficient (Wildman–Crippen LogP) is 3.47. The highest BCUT2D eigenvalue weighted by atomic mass is 32.2. The standard InChI is InChI=1S/C22H25N5O2S/c1-25-12-11-24-21(25)30-17-9-18-5-7-19(8-6-18)29-22(28)27-15-13-26(14-16-27)20-4-2-3-10-23-20/h2-8,10-12H,9,13-17H2,1H3. The van der Waals surface area contributed by atoms with Crippen LogP contribution in [0.4, 0.5) is 10.6 Å². The Kier molecular flexibility index (Phi) is 6.53. The largest absolute Gasteiger partial charge is 0.415 e. The van der Waals surface area contributed by atoms with Crippen molar-refractivity contribution in [2.45, 2.75) is 11.6 Å². The molecule has 3 aromatic rings. The van der Waals surface area contributed by atoms with E-state index < -0.39 is 0 Å². The van der Waals surface area contributed by atoms with Gasteiger partial charge in [0.25, 0.3) is 0 Å². The number of thioether (sulfide) groups is 1. The van der Waals surface area contributed by atoms with E-state index in [-0.39, 0.29) is 6.09 Å². The minimum Gasteiger partial charge on any atom is -0.410 e. The predicted molar refractivity (Wildman–Crippen MR) is 118 cm³/mol. The van der Waals surface area contributed by atoms with Gasteiger partial charge in [-0.1, -0.05) is 30.0 Å². The molecule has 0 bridgehead atoms. The molecule has 0 atom stereocenters. The van der Waals surface area contributed by atoms with Crippen LogP contribution in [0.1, 0.15) is 5.56 Å². The summed E-state index contributed by atoms with van der Waals surface area (Å²) in [7, 11) is 2.00. The first-order valence-corrected chi connectivity index (χ1v) is 11.0. The van der Waals surface area contributed by atoms with Crippen molar-refractivity contribution in [3.05, 3.63) is 66.6 Å². The number of carbonyl (C=O) groups excluding carboxylic acids is 1. The first-order valence-electron chi connectivity index (χ1n) is 10.0. The van der Waals surface area contributed by atoms with Crippen molar-refractivity contribution in [1.82, 2.24) is 19.4 Å². The monoisotopic (exact) mass is 423 g/mol. The summed E-state index contributed by atoms with van der Waals surface area (Å²) in [6, 6.07) is 13.6. The highest BCUT2D eigenvalue weighted by Gasteiger charge is 2.23. The van der Waals surface area contributed by atoms with E-state index in [4.69, 9.17) is 4.74 Å². The Balaban J connectivity index is 1.22. The third kappa shape index (κ3) is 5.13. The molecule has 0 unspecified atom stereocenters. The number of rotatable bonds is 6. The number of aryl methyl sites for hydroxylation is 2. The summed E-state index contributed by atoms with van der Waals surface area (Å²) in [5.41, 5.74) is 1.21. The maximum Gasteiger partial charge on any atom is 0.415 e. The average Bonchev–Trinajstić information content (AvgIpc) is 3.20. The number of pyridine rings is 1. The molecule has 0 saturated carbocycles. The van der Waals surface area contributed by atoms with Crippen LogP contribution in [0.2, 0.25) is 0 Å². The number of amides is 1. The molecule has 3 heterocycles. The molecule has 1 aliphatic heterocycles. The number of imidazole rings is 1. The molecule has 7 nitrogen and oxygen atoms in total.